The van der Waals surface area contributed by atoms with Crippen LogP contribution in [0, 0.1) is 0 Å². The summed E-state index contributed by atoms with van der Waals surface area (Å²) in [5.41, 5.74) is 2.44. The van der Waals surface area contributed by atoms with Crippen molar-refractivity contribution >= 4 is 17.7 Å². The normalized spacial score (nSPS) is 17.4. The van der Waals surface area contributed by atoms with E-state index in [1.165, 1.54) is 35.7 Å². The molecule has 1 N–H and O–H groups in total. The highest BCUT2D eigenvalue weighted by Crippen LogP contribution is 2.39. The van der Waals surface area contributed by atoms with Crippen molar-refractivity contribution in [2.24, 2.45) is 0 Å². The molecule has 1 amide bonds. The molecule has 0 atom stereocenters. The van der Waals surface area contributed by atoms with Crippen LogP contribution < -0.4 is 5.32 Å². The van der Waals surface area contributed by atoms with Gasteiger partial charge in [-0.1, -0.05) is 36.0 Å². The van der Waals surface area contributed by atoms with Crippen LogP contribution in [-0.2, 0) is 29.2 Å². The summed E-state index contributed by atoms with van der Waals surface area (Å²) < 4.78 is 7.58. The van der Waals surface area contributed by atoms with Gasteiger partial charge in [0.25, 0.3) is 0 Å². The first-order valence-electron chi connectivity index (χ1n) is 10.4. The van der Waals surface area contributed by atoms with Crippen molar-refractivity contribution in [2.75, 3.05) is 32.1 Å². The minimum atomic E-state index is 0.0230. The molecule has 2 fully saturated rings. The highest BCUT2D eigenvalue weighted by molar-refractivity contribution is 7.99. The van der Waals surface area contributed by atoms with E-state index in [1.54, 1.807) is 0 Å². The van der Waals surface area contributed by atoms with Crippen LogP contribution in [0.3, 0.4) is 0 Å². The SMILES string of the molecule is CCn1c(SCC(=O)NCc2ccccc2CN2CCOCC2)nnc1C1CC1. The number of morpholine rings is 1. The molecule has 0 spiro atoms. The number of aromatic nitrogens is 3. The summed E-state index contributed by atoms with van der Waals surface area (Å²) in [5.74, 6) is 2.02. The van der Waals surface area contributed by atoms with Gasteiger partial charge in [0, 0.05) is 38.6 Å². The van der Waals surface area contributed by atoms with E-state index in [-0.39, 0.29) is 5.91 Å². The summed E-state index contributed by atoms with van der Waals surface area (Å²) in [7, 11) is 0. The molecule has 2 heterocycles. The van der Waals surface area contributed by atoms with Gasteiger partial charge < -0.3 is 14.6 Å². The first kappa shape index (κ1) is 20.4. The van der Waals surface area contributed by atoms with Gasteiger partial charge in [0.15, 0.2) is 5.16 Å². The fraction of sp³-hybridized carbons (Fsp3) is 0.571. The number of nitrogens with zero attached hydrogens (tertiary/aromatic N) is 4. The Morgan fingerprint density at radius 1 is 1.21 bits per heavy atom. The Kier molecular flexibility index (Phi) is 6.84. The molecule has 1 aliphatic carbocycles. The molecule has 4 rings (SSSR count). The number of benzene rings is 1. The second-order valence-electron chi connectivity index (χ2n) is 7.58. The van der Waals surface area contributed by atoms with E-state index in [9.17, 15) is 4.79 Å². The van der Waals surface area contributed by atoms with Crippen LogP contribution >= 0.6 is 11.8 Å². The lowest BCUT2D eigenvalue weighted by atomic mass is 10.1. The zero-order valence-electron chi connectivity index (χ0n) is 17.0. The second-order valence-corrected chi connectivity index (χ2v) is 8.52. The number of thioether (sulfide) groups is 1. The van der Waals surface area contributed by atoms with Crippen LogP contribution in [0.4, 0.5) is 0 Å². The third kappa shape index (κ3) is 5.38. The summed E-state index contributed by atoms with van der Waals surface area (Å²) in [6.45, 7) is 7.89. The molecule has 8 heteroatoms. The van der Waals surface area contributed by atoms with Gasteiger partial charge in [-0.15, -0.1) is 10.2 Å². The van der Waals surface area contributed by atoms with Crippen molar-refractivity contribution in [3.8, 4) is 0 Å². The Morgan fingerprint density at radius 3 is 2.69 bits per heavy atom. The quantitative estimate of drug-likeness (QED) is 0.634. The smallest absolute Gasteiger partial charge is 0.230 e. The fourth-order valence-electron chi connectivity index (χ4n) is 3.61. The van der Waals surface area contributed by atoms with Gasteiger partial charge in [-0.3, -0.25) is 9.69 Å². The minimum Gasteiger partial charge on any atom is -0.379 e. The largest absolute Gasteiger partial charge is 0.379 e. The lowest BCUT2D eigenvalue weighted by Gasteiger charge is -2.27. The molecule has 156 valence electrons. The van der Waals surface area contributed by atoms with Crippen molar-refractivity contribution in [2.45, 2.75) is 50.5 Å². The zero-order chi connectivity index (χ0) is 20.1. The molecule has 1 aliphatic heterocycles. The van der Waals surface area contributed by atoms with Crippen LogP contribution in [-0.4, -0.2) is 57.6 Å². The number of rotatable bonds is 9. The third-order valence-corrected chi connectivity index (χ3v) is 6.40. The number of carbonyl (C=O) groups is 1. The maximum atomic E-state index is 12.4. The number of ether oxygens (including phenoxy) is 1. The highest BCUT2D eigenvalue weighted by Gasteiger charge is 2.30. The topological polar surface area (TPSA) is 72.3 Å². The Hall–Kier alpha value is -1.90. The maximum Gasteiger partial charge on any atom is 0.230 e. The van der Waals surface area contributed by atoms with E-state index in [4.69, 9.17) is 4.74 Å². The van der Waals surface area contributed by atoms with Crippen molar-refractivity contribution in [3.05, 3.63) is 41.2 Å². The van der Waals surface area contributed by atoms with Gasteiger partial charge in [0.05, 0.1) is 19.0 Å². The summed E-state index contributed by atoms with van der Waals surface area (Å²) in [6, 6.07) is 8.34. The van der Waals surface area contributed by atoms with Crippen molar-refractivity contribution in [1.29, 1.82) is 0 Å². The Labute approximate surface area is 176 Å². The molecule has 0 bridgehead atoms. The molecule has 2 aromatic rings. The lowest BCUT2D eigenvalue weighted by Crippen LogP contribution is -2.36. The van der Waals surface area contributed by atoms with Crippen molar-refractivity contribution < 1.29 is 9.53 Å². The zero-order valence-corrected chi connectivity index (χ0v) is 17.8. The number of amides is 1. The van der Waals surface area contributed by atoms with Gasteiger partial charge in [0.2, 0.25) is 5.91 Å². The van der Waals surface area contributed by atoms with E-state index in [0.29, 0.717) is 18.2 Å². The number of carbonyl (C=O) groups excluding carboxylic acids is 1. The third-order valence-electron chi connectivity index (χ3n) is 5.43. The number of hydrogen-bond acceptors (Lipinski definition) is 6. The average Bonchev–Trinajstić information content (AvgIpc) is 3.52. The molecule has 1 aromatic heterocycles. The highest BCUT2D eigenvalue weighted by atomic mass is 32.2. The van der Waals surface area contributed by atoms with Crippen LogP contribution in [0.25, 0.3) is 0 Å². The average molecular weight is 416 g/mol. The number of hydrogen-bond donors (Lipinski definition) is 1. The van der Waals surface area contributed by atoms with Crippen LogP contribution in [0.2, 0.25) is 0 Å². The molecule has 29 heavy (non-hydrogen) atoms. The summed E-state index contributed by atoms with van der Waals surface area (Å²) in [6.07, 6.45) is 2.40. The van der Waals surface area contributed by atoms with E-state index in [1.807, 2.05) is 6.07 Å². The van der Waals surface area contributed by atoms with E-state index >= 15 is 0 Å². The monoisotopic (exact) mass is 415 g/mol. The fourth-order valence-corrected chi connectivity index (χ4v) is 4.45. The van der Waals surface area contributed by atoms with Gasteiger partial charge in [-0.25, -0.2) is 0 Å². The van der Waals surface area contributed by atoms with Gasteiger partial charge in [-0.05, 0) is 30.9 Å². The second kappa shape index (κ2) is 9.73. The van der Waals surface area contributed by atoms with E-state index < -0.39 is 0 Å². The van der Waals surface area contributed by atoms with Gasteiger partial charge in [0.1, 0.15) is 5.82 Å². The predicted molar refractivity (Wildman–Crippen MR) is 113 cm³/mol. The number of nitrogens with one attached hydrogen (secondary N) is 1. The van der Waals surface area contributed by atoms with Crippen molar-refractivity contribution in [1.82, 2.24) is 25.0 Å². The molecule has 0 radical (unpaired) electrons. The molecule has 1 aromatic carbocycles. The first-order valence-corrected chi connectivity index (χ1v) is 11.4. The molecule has 7 nitrogen and oxygen atoms in total. The molecule has 0 unspecified atom stereocenters. The van der Waals surface area contributed by atoms with E-state index in [2.05, 4.69) is 50.1 Å². The first-order chi connectivity index (χ1) is 14.2. The lowest BCUT2D eigenvalue weighted by molar-refractivity contribution is -0.118. The standard InChI is InChI=1S/C21H29N5O2S/c1-2-26-20(16-7-8-16)23-24-21(26)29-15-19(27)22-13-17-5-3-4-6-18(17)14-25-9-11-28-12-10-25/h3-6,16H,2,7-15H2,1H3,(H,22,27). The predicted octanol–water partition coefficient (Wildman–Crippen LogP) is 2.42. The van der Waals surface area contributed by atoms with E-state index in [0.717, 1.165) is 50.4 Å². The van der Waals surface area contributed by atoms with Crippen molar-refractivity contribution in [3.63, 3.8) is 0 Å². The molecule has 2 aliphatic rings. The Morgan fingerprint density at radius 2 is 1.97 bits per heavy atom. The Balaban J connectivity index is 1.29. The maximum absolute atomic E-state index is 12.4. The summed E-state index contributed by atoms with van der Waals surface area (Å²) in [5, 5.41) is 12.5. The summed E-state index contributed by atoms with van der Waals surface area (Å²) in [4.78, 5) is 14.8. The van der Waals surface area contributed by atoms with Gasteiger partial charge in [-0.2, -0.15) is 0 Å². The Bertz CT molecular complexity index is 830. The summed E-state index contributed by atoms with van der Waals surface area (Å²) >= 11 is 1.47. The molecular formula is C21H29N5O2S. The molecular weight excluding hydrogens is 386 g/mol. The van der Waals surface area contributed by atoms with Crippen LogP contribution in [0.1, 0.15) is 42.6 Å². The van der Waals surface area contributed by atoms with Crippen LogP contribution in [0.15, 0.2) is 29.4 Å². The van der Waals surface area contributed by atoms with Crippen LogP contribution in [0.5, 0.6) is 0 Å². The minimum absolute atomic E-state index is 0.0230. The molecule has 1 saturated heterocycles. The molecule has 1 saturated carbocycles. The van der Waals surface area contributed by atoms with Gasteiger partial charge >= 0.3 is 0 Å².